The van der Waals surface area contributed by atoms with Gasteiger partial charge in [-0.2, -0.15) is 4.31 Å². The highest BCUT2D eigenvalue weighted by Crippen LogP contribution is 2.32. The number of hydrogen-bond acceptors (Lipinski definition) is 5. The maximum Gasteiger partial charge on any atom is 0.244 e. The van der Waals surface area contributed by atoms with Crippen molar-refractivity contribution in [2.45, 2.75) is 18.0 Å². The van der Waals surface area contributed by atoms with Gasteiger partial charge < -0.3 is 5.73 Å². The molecule has 2 aromatic rings. The SMILES string of the molecule is CN(Cc1cscn1)S(=O)(=O)c1ccc(Cl)c(CN)c1Cl. The van der Waals surface area contributed by atoms with Crippen LogP contribution in [-0.4, -0.2) is 24.8 Å². The molecule has 21 heavy (non-hydrogen) atoms. The van der Waals surface area contributed by atoms with Gasteiger partial charge in [0.15, 0.2) is 0 Å². The Hall–Kier alpha value is -0.700. The molecule has 0 bridgehead atoms. The molecule has 0 spiro atoms. The van der Waals surface area contributed by atoms with Gasteiger partial charge >= 0.3 is 0 Å². The maximum absolute atomic E-state index is 12.6. The van der Waals surface area contributed by atoms with E-state index in [0.717, 1.165) is 0 Å². The van der Waals surface area contributed by atoms with Crippen molar-refractivity contribution in [3.63, 3.8) is 0 Å². The van der Waals surface area contributed by atoms with Crippen LogP contribution in [0.2, 0.25) is 10.0 Å². The Morgan fingerprint density at radius 3 is 2.67 bits per heavy atom. The predicted molar refractivity (Wildman–Crippen MR) is 85.1 cm³/mol. The molecule has 2 rings (SSSR count). The van der Waals surface area contributed by atoms with Crippen molar-refractivity contribution in [2.24, 2.45) is 5.73 Å². The van der Waals surface area contributed by atoms with Crippen LogP contribution in [0.15, 0.2) is 27.9 Å². The van der Waals surface area contributed by atoms with E-state index in [4.69, 9.17) is 28.9 Å². The topological polar surface area (TPSA) is 76.3 Å². The Labute approximate surface area is 137 Å². The normalized spacial score (nSPS) is 12.0. The zero-order valence-electron chi connectivity index (χ0n) is 11.1. The molecule has 9 heteroatoms. The lowest BCUT2D eigenvalue weighted by atomic mass is 10.2. The van der Waals surface area contributed by atoms with Gasteiger partial charge in [-0.25, -0.2) is 13.4 Å². The summed E-state index contributed by atoms with van der Waals surface area (Å²) in [4.78, 5) is 4.06. The summed E-state index contributed by atoms with van der Waals surface area (Å²) in [5.41, 5.74) is 8.31. The number of hydrogen-bond donors (Lipinski definition) is 1. The van der Waals surface area contributed by atoms with Crippen LogP contribution >= 0.6 is 34.5 Å². The number of halogens is 2. The lowest BCUT2D eigenvalue weighted by molar-refractivity contribution is 0.463. The fourth-order valence-corrected chi connectivity index (χ4v) is 4.35. The molecule has 1 aromatic heterocycles. The average Bonchev–Trinajstić information content (AvgIpc) is 2.91. The van der Waals surface area contributed by atoms with Crippen LogP contribution in [-0.2, 0) is 23.1 Å². The number of nitrogens with two attached hydrogens (primary N) is 1. The Kier molecular flexibility index (Phi) is 5.24. The number of benzene rings is 1. The minimum Gasteiger partial charge on any atom is -0.326 e. The van der Waals surface area contributed by atoms with E-state index < -0.39 is 10.0 Å². The van der Waals surface area contributed by atoms with E-state index >= 15 is 0 Å². The molecule has 1 aromatic carbocycles. The van der Waals surface area contributed by atoms with Gasteiger partial charge in [-0.15, -0.1) is 11.3 Å². The summed E-state index contributed by atoms with van der Waals surface area (Å²) in [5.74, 6) is 0. The second-order valence-corrected chi connectivity index (χ2v) is 7.80. The van der Waals surface area contributed by atoms with E-state index in [0.29, 0.717) is 16.3 Å². The first-order valence-electron chi connectivity index (χ1n) is 5.88. The monoisotopic (exact) mass is 365 g/mol. The molecule has 1 heterocycles. The molecule has 0 unspecified atom stereocenters. The lowest BCUT2D eigenvalue weighted by Crippen LogP contribution is -2.27. The Morgan fingerprint density at radius 1 is 1.38 bits per heavy atom. The van der Waals surface area contributed by atoms with Crippen molar-refractivity contribution in [3.8, 4) is 0 Å². The highest BCUT2D eigenvalue weighted by molar-refractivity contribution is 7.89. The quantitative estimate of drug-likeness (QED) is 0.883. The van der Waals surface area contributed by atoms with Gasteiger partial charge in [-0.1, -0.05) is 23.2 Å². The van der Waals surface area contributed by atoms with E-state index in [-0.39, 0.29) is 23.0 Å². The molecule has 0 fully saturated rings. The molecule has 0 aliphatic carbocycles. The summed E-state index contributed by atoms with van der Waals surface area (Å²) < 4.78 is 26.4. The standard InChI is InChI=1S/C12H13Cl2N3O2S2/c1-17(5-8-6-20-7-16-8)21(18,19)11-3-2-10(13)9(4-15)12(11)14/h2-3,6-7H,4-5,15H2,1H3. The van der Waals surface area contributed by atoms with Crippen LogP contribution in [0.25, 0.3) is 0 Å². The third kappa shape index (κ3) is 3.39. The smallest absolute Gasteiger partial charge is 0.244 e. The van der Waals surface area contributed by atoms with Crippen molar-refractivity contribution >= 4 is 44.6 Å². The van der Waals surface area contributed by atoms with Crippen molar-refractivity contribution < 1.29 is 8.42 Å². The van der Waals surface area contributed by atoms with Crippen molar-refractivity contribution in [1.29, 1.82) is 0 Å². The van der Waals surface area contributed by atoms with E-state index in [1.54, 1.807) is 10.9 Å². The molecular formula is C12H13Cl2N3O2S2. The number of aromatic nitrogens is 1. The van der Waals surface area contributed by atoms with E-state index in [2.05, 4.69) is 4.98 Å². The largest absolute Gasteiger partial charge is 0.326 e. The van der Waals surface area contributed by atoms with E-state index in [1.165, 1.54) is 34.8 Å². The van der Waals surface area contributed by atoms with Crippen LogP contribution in [0.4, 0.5) is 0 Å². The van der Waals surface area contributed by atoms with E-state index in [9.17, 15) is 8.42 Å². The van der Waals surface area contributed by atoms with Crippen molar-refractivity contribution in [3.05, 3.63) is 44.3 Å². The van der Waals surface area contributed by atoms with Gasteiger partial charge in [0.2, 0.25) is 10.0 Å². The average molecular weight is 366 g/mol. The summed E-state index contributed by atoms with van der Waals surface area (Å²) in [7, 11) is -2.27. The van der Waals surface area contributed by atoms with Crippen LogP contribution in [0, 0.1) is 0 Å². The molecule has 0 saturated carbocycles. The Morgan fingerprint density at radius 2 is 2.10 bits per heavy atom. The van der Waals surface area contributed by atoms with Gasteiger partial charge in [-0.3, -0.25) is 0 Å². The summed E-state index contributed by atoms with van der Waals surface area (Å²) in [6.45, 7) is 0.236. The van der Waals surface area contributed by atoms with Gasteiger partial charge in [-0.05, 0) is 12.1 Å². The third-order valence-corrected chi connectivity index (χ3v) is 6.29. The molecule has 0 radical (unpaired) electrons. The van der Waals surface area contributed by atoms with Gasteiger partial charge in [0.05, 0.1) is 22.8 Å². The summed E-state index contributed by atoms with van der Waals surface area (Å²) in [6, 6.07) is 2.87. The molecule has 0 saturated heterocycles. The maximum atomic E-state index is 12.6. The predicted octanol–water partition coefficient (Wildman–Crippen LogP) is 2.73. The molecular weight excluding hydrogens is 353 g/mol. The molecule has 2 N–H and O–H groups in total. The first kappa shape index (κ1) is 16.7. The Balaban J connectivity index is 2.40. The molecule has 0 atom stereocenters. The van der Waals surface area contributed by atoms with Crippen LogP contribution in [0.1, 0.15) is 11.3 Å². The molecule has 114 valence electrons. The summed E-state index contributed by atoms with van der Waals surface area (Å²) >= 11 is 13.5. The fourth-order valence-electron chi connectivity index (χ4n) is 1.76. The minimum absolute atomic E-state index is 0.00764. The Bertz CT molecular complexity index is 733. The molecule has 0 amide bonds. The minimum atomic E-state index is -3.74. The van der Waals surface area contributed by atoms with Crippen LogP contribution < -0.4 is 5.73 Å². The summed E-state index contributed by atoms with van der Waals surface area (Å²) in [5, 5.41) is 2.21. The van der Waals surface area contributed by atoms with E-state index in [1.807, 2.05) is 0 Å². The second kappa shape index (κ2) is 6.60. The second-order valence-electron chi connectivity index (χ2n) is 4.28. The summed E-state index contributed by atoms with van der Waals surface area (Å²) in [6.07, 6.45) is 0. The molecule has 0 aliphatic rings. The molecule has 0 aliphatic heterocycles. The number of sulfonamides is 1. The molecule has 5 nitrogen and oxygen atoms in total. The zero-order chi connectivity index (χ0) is 15.6. The number of nitrogens with zero attached hydrogens (tertiary/aromatic N) is 2. The first-order chi connectivity index (χ1) is 9.87. The zero-order valence-corrected chi connectivity index (χ0v) is 14.2. The van der Waals surface area contributed by atoms with Gasteiger partial charge in [0.1, 0.15) is 4.90 Å². The van der Waals surface area contributed by atoms with Crippen molar-refractivity contribution in [2.75, 3.05) is 7.05 Å². The number of thiazole rings is 1. The third-order valence-electron chi connectivity index (χ3n) is 2.91. The van der Waals surface area contributed by atoms with Crippen molar-refractivity contribution in [1.82, 2.24) is 9.29 Å². The fraction of sp³-hybridized carbons (Fsp3) is 0.250. The first-order valence-corrected chi connectivity index (χ1v) is 9.02. The van der Waals surface area contributed by atoms with Crippen LogP contribution in [0.3, 0.4) is 0 Å². The highest BCUT2D eigenvalue weighted by atomic mass is 35.5. The van der Waals surface area contributed by atoms with Crippen LogP contribution in [0.5, 0.6) is 0 Å². The lowest BCUT2D eigenvalue weighted by Gasteiger charge is -2.18. The van der Waals surface area contributed by atoms with Gasteiger partial charge in [0.25, 0.3) is 0 Å². The number of rotatable bonds is 5. The van der Waals surface area contributed by atoms with Gasteiger partial charge in [0, 0.05) is 29.6 Å². The highest BCUT2D eigenvalue weighted by Gasteiger charge is 2.26.